The molecule has 0 N–H and O–H groups in total. The molecule has 2 bridgehead atoms. The van der Waals surface area contributed by atoms with Gasteiger partial charge in [0.25, 0.3) is 0 Å². The number of nitriles is 1. The van der Waals surface area contributed by atoms with Crippen LogP contribution in [0, 0.1) is 41.9 Å². The van der Waals surface area contributed by atoms with Gasteiger partial charge in [0.15, 0.2) is 17.5 Å². The Kier molecular flexibility index (Phi) is 3.67. The molecule has 110 valence electrons. The van der Waals surface area contributed by atoms with Crippen LogP contribution in [-0.4, -0.2) is 11.6 Å². The van der Waals surface area contributed by atoms with E-state index in [-0.39, 0.29) is 11.5 Å². The molecule has 2 aliphatic carbocycles. The molecule has 1 aromatic rings. The number of hydrogen-bond acceptors (Lipinski definition) is 4. The highest BCUT2D eigenvalue weighted by Crippen LogP contribution is 2.49. The zero-order valence-electron chi connectivity index (χ0n) is 12.2. The number of rotatable bonds is 5. The highest BCUT2D eigenvalue weighted by molar-refractivity contribution is 6.12. The Morgan fingerprint density at radius 2 is 2.24 bits per heavy atom. The summed E-state index contributed by atoms with van der Waals surface area (Å²) in [7, 11) is 0. The normalized spacial score (nSPS) is 28.3. The topological polar surface area (TPSA) is 71.1 Å². The van der Waals surface area contributed by atoms with Gasteiger partial charge < -0.3 is 4.42 Å². The first-order chi connectivity index (χ1) is 10.1. The van der Waals surface area contributed by atoms with E-state index in [0.29, 0.717) is 23.8 Å². The van der Waals surface area contributed by atoms with Crippen LogP contribution in [0.1, 0.15) is 48.2 Å². The summed E-state index contributed by atoms with van der Waals surface area (Å²) in [5, 5.41) is 9.23. The van der Waals surface area contributed by atoms with Gasteiger partial charge in [-0.05, 0) is 55.6 Å². The fourth-order valence-corrected chi connectivity index (χ4v) is 4.04. The molecule has 0 saturated heterocycles. The summed E-state index contributed by atoms with van der Waals surface area (Å²) < 4.78 is 5.13. The summed E-state index contributed by atoms with van der Waals surface area (Å²) in [5.41, 5.74) is 0.674. The molecule has 0 radical (unpaired) electrons. The lowest BCUT2D eigenvalue weighted by molar-refractivity contribution is -0.121. The van der Waals surface area contributed by atoms with Crippen molar-refractivity contribution in [3.8, 4) is 6.07 Å². The number of furan rings is 1. The number of ketones is 2. The molecule has 2 saturated carbocycles. The molecule has 2 fully saturated rings. The Morgan fingerprint density at radius 1 is 1.43 bits per heavy atom. The first kappa shape index (κ1) is 14.1. The number of fused-ring (bicyclic) bond motifs is 2. The molecular formula is C17H19NO3. The van der Waals surface area contributed by atoms with Crippen molar-refractivity contribution in [2.75, 3.05) is 0 Å². The SMILES string of the molecule is Cc1ccoc1C(=O)[C@H](C#N)C(=O)C[C@@H]1C[C@H]2CC[C@H]1C2. The maximum Gasteiger partial charge on any atom is 0.222 e. The van der Waals surface area contributed by atoms with Crippen molar-refractivity contribution in [1.82, 2.24) is 0 Å². The molecule has 0 spiro atoms. The molecule has 1 heterocycles. The highest BCUT2D eigenvalue weighted by Gasteiger charge is 2.42. The van der Waals surface area contributed by atoms with Crippen LogP contribution in [0.25, 0.3) is 0 Å². The van der Waals surface area contributed by atoms with E-state index in [2.05, 4.69) is 0 Å². The summed E-state index contributed by atoms with van der Waals surface area (Å²) >= 11 is 0. The minimum absolute atomic E-state index is 0.142. The third kappa shape index (κ3) is 2.53. The molecule has 0 amide bonds. The minimum Gasteiger partial charge on any atom is -0.461 e. The summed E-state index contributed by atoms with van der Waals surface area (Å²) in [6.45, 7) is 1.74. The van der Waals surface area contributed by atoms with Gasteiger partial charge in [-0.3, -0.25) is 9.59 Å². The van der Waals surface area contributed by atoms with E-state index in [9.17, 15) is 14.9 Å². The number of Topliss-reactive ketones (excluding diaryl/α,β-unsaturated/α-hetero) is 2. The van der Waals surface area contributed by atoms with E-state index >= 15 is 0 Å². The maximum atomic E-state index is 12.4. The predicted molar refractivity (Wildman–Crippen MR) is 75.4 cm³/mol. The summed E-state index contributed by atoms with van der Waals surface area (Å²) in [6.07, 6.45) is 6.57. The van der Waals surface area contributed by atoms with Gasteiger partial charge in [0.1, 0.15) is 0 Å². The molecule has 4 nitrogen and oxygen atoms in total. The zero-order valence-corrected chi connectivity index (χ0v) is 12.2. The summed E-state index contributed by atoms with van der Waals surface area (Å²) in [5.74, 6) is -0.0477. The average molecular weight is 285 g/mol. The van der Waals surface area contributed by atoms with Crippen molar-refractivity contribution in [3.05, 3.63) is 23.7 Å². The minimum atomic E-state index is -1.21. The Hall–Kier alpha value is -1.89. The number of carbonyl (C=O) groups excluding carboxylic acids is 2. The molecule has 2 aliphatic rings. The molecule has 0 unspecified atom stereocenters. The lowest BCUT2D eigenvalue weighted by Crippen LogP contribution is -2.26. The van der Waals surface area contributed by atoms with Crippen molar-refractivity contribution < 1.29 is 14.0 Å². The largest absolute Gasteiger partial charge is 0.461 e. The van der Waals surface area contributed by atoms with Gasteiger partial charge in [-0.25, -0.2) is 0 Å². The van der Waals surface area contributed by atoms with Gasteiger partial charge in [0, 0.05) is 6.42 Å². The van der Waals surface area contributed by atoms with Gasteiger partial charge in [-0.2, -0.15) is 5.26 Å². The Balaban J connectivity index is 1.69. The second-order valence-corrected chi connectivity index (χ2v) is 6.46. The monoisotopic (exact) mass is 285 g/mol. The van der Waals surface area contributed by atoms with E-state index in [1.807, 2.05) is 6.07 Å². The fourth-order valence-electron chi connectivity index (χ4n) is 4.04. The quantitative estimate of drug-likeness (QED) is 0.614. The Labute approximate surface area is 124 Å². The molecule has 0 aliphatic heterocycles. The number of nitrogens with zero attached hydrogens (tertiary/aromatic N) is 1. The summed E-state index contributed by atoms with van der Waals surface area (Å²) in [4.78, 5) is 24.7. The van der Waals surface area contributed by atoms with E-state index in [4.69, 9.17) is 4.42 Å². The number of aryl methyl sites for hydroxylation is 1. The van der Waals surface area contributed by atoms with Gasteiger partial charge in [-0.15, -0.1) is 0 Å². The first-order valence-electron chi connectivity index (χ1n) is 7.60. The second-order valence-electron chi connectivity index (χ2n) is 6.46. The lowest BCUT2D eigenvalue weighted by Gasteiger charge is -2.21. The van der Waals surface area contributed by atoms with Crippen LogP contribution in [0.4, 0.5) is 0 Å². The Morgan fingerprint density at radius 3 is 2.76 bits per heavy atom. The molecule has 1 aromatic heterocycles. The maximum absolute atomic E-state index is 12.4. The van der Waals surface area contributed by atoms with Crippen molar-refractivity contribution in [3.63, 3.8) is 0 Å². The van der Waals surface area contributed by atoms with Crippen LogP contribution < -0.4 is 0 Å². The van der Waals surface area contributed by atoms with Gasteiger partial charge in [-0.1, -0.05) is 6.42 Å². The van der Waals surface area contributed by atoms with Gasteiger partial charge >= 0.3 is 0 Å². The molecule has 21 heavy (non-hydrogen) atoms. The third-order valence-electron chi connectivity index (χ3n) is 5.15. The van der Waals surface area contributed by atoms with Crippen LogP contribution >= 0.6 is 0 Å². The number of hydrogen-bond donors (Lipinski definition) is 0. The average Bonchev–Trinajstić information content (AvgIpc) is 3.15. The predicted octanol–water partition coefficient (Wildman–Crippen LogP) is 3.31. The second kappa shape index (κ2) is 5.48. The molecule has 4 heteroatoms. The van der Waals surface area contributed by atoms with Crippen molar-refractivity contribution >= 4 is 11.6 Å². The number of carbonyl (C=O) groups is 2. The van der Waals surface area contributed by atoms with E-state index in [1.165, 1.54) is 25.5 Å². The third-order valence-corrected chi connectivity index (χ3v) is 5.15. The molecule has 0 aromatic carbocycles. The smallest absolute Gasteiger partial charge is 0.222 e. The molecule has 3 rings (SSSR count). The summed E-state index contributed by atoms with van der Waals surface area (Å²) in [6, 6.07) is 3.54. The van der Waals surface area contributed by atoms with Crippen LogP contribution in [0.5, 0.6) is 0 Å². The first-order valence-corrected chi connectivity index (χ1v) is 7.60. The van der Waals surface area contributed by atoms with E-state index in [0.717, 1.165) is 12.3 Å². The zero-order chi connectivity index (χ0) is 15.0. The molecular weight excluding hydrogens is 266 g/mol. The van der Waals surface area contributed by atoms with Crippen LogP contribution in [0.3, 0.4) is 0 Å². The molecule has 4 atom stereocenters. The van der Waals surface area contributed by atoms with Crippen LogP contribution in [-0.2, 0) is 4.79 Å². The van der Waals surface area contributed by atoms with Crippen molar-refractivity contribution in [2.24, 2.45) is 23.7 Å². The van der Waals surface area contributed by atoms with Gasteiger partial charge in [0.05, 0.1) is 12.3 Å². The highest BCUT2D eigenvalue weighted by atomic mass is 16.3. The lowest BCUT2D eigenvalue weighted by atomic mass is 9.82. The van der Waals surface area contributed by atoms with E-state index in [1.54, 1.807) is 13.0 Å². The van der Waals surface area contributed by atoms with Crippen molar-refractivity contribution in [2.45, 2.75) is 39.0 Å². The Bertz CT molecular complexity index is 610. The van der Waals surface area contributed by atoms with Crippen LogP contribution in [0.2, 0.25) is 0 Å². The van der Waals surface area contributed by atoms with E-state index < -0.39 is 11.7 Å². The van der Waals surface area contributed by atoms with Crippen LogP contribution in [0.15, 0.2) is 16.7 Å². The fraction of sp³-hybridized carbons (Fsp3) is 0.588. The van der Waals surface area contributed by atoms with Gasteiger partial charge in [0.2, 0.25) is 5.78 Å². The van der Waals surface area contributed by atoms with Crippen molar-refractivity contribution in [1.29, 1.82) is 5.26 Å². The standard InChI is InChI=1S/C17H19NO3/c1-10-4-5-21-17(10)16(20)14(9-18)15(19)8-13-7-11-2-3-12(13)6-11/h4-5,11-14H,2-3,6-8H2,1H3/t11-,12-,13-,14+/m0/s1.